The van der Waals surface area contributed by atoms with Gasteiger partial charge in [-0.1, -0.05) is 0 Å². The van der Waals surface area contributed by atoms with Crippen molar-refractivity contribution < 1.29 is 9.90 Å². The summed E-state index contributed by atoms with van der Waals surface area (Å²) in [6.45, 7) is 0.730. The Bertz CT molecular complexity index is 558. The Labute approximate surface area is 111 Å². The lowest BCUT2D eigenvalue weighted by Gasteiger charge is -2.20. The predicted octanol–water partition coefficient (Wildman–Crippen LogP) is 1.85. The second-order valence-electron chi connectivity index (χ2n) is 4.22. The van der Waals surface area contributed by atoms with Crippen molar-refractivity contribution in [3.63, 3.8) is 0 Å². The third kappa shape index (κ3) is 3.28. The predicted molar refractivity (Wildman–Crippen MR) is 72.4 cm³/mol. The van der Waals surface area contributed by atoms with Gasteiger partial charge in [0.25, 0.3) is 0 Å². The number of carboxylic acids is 1. The van der Waals surface area contributed by atoms with Gasteiger partial charge in [0.05, 0.1) is 5.69 Å². The third-order valence-electron chi connectivity index (χ3n) is 2.92. The van der Waals surface area contributed by atoms with Crippen LogP contribution in [-0.4, -0.2) is 34.6 Å². The number of nitrogens with zero attached hydrogens (tertiary/aromatic N) is 3. The summed E-state index contributed by atoms with van der Waals surface area (Å²) in [7, 11) is 1.88. The van der Waals surface area contributed by atoms with Crippen molar-refractivity contribution in [1.82, 2.24) is 9.97 Å². The first-order chi connectivity index (χ1) is 9.18. The molecule has 0 fully saturated rings. The van der Waals surface area contributed by atoms with Crippen LogP contribution in [0.2, 0.25) is 0 Å². The summed E-state index contributed by atoms with van der Waals surface area (Å²) in [5.41, 5.74) is 2.07. The molecule has 19 heavy (non-hydrogen) atoms. The highest BCUT2D eigenvalue weighted by Gasteiger charge is 2.13. The largest absolute Gasteiger partial charge is 0.478 e. The molecule has 0 atom stereocenters. The molecule has 0 aliphatic heterocycles. The van der Waals surface area contributed by atoms with Gasteiger partial charge in [0.15, 0.2) is 0 Å². The number of hydrogen-bond acceptors (Lipinski definition) is 4. The fraction of sp³-hybridized carbons (Fsp3) is 0.214. The van der Waals surface area contributed by atoms with Crippen LogP contribution in [0.5, 0.6) is 0 Å². The summed E-state index contributed by atoms with van der Waals surface area (Å²) in [4.78, 5) is 20.9. The number of carbonyl (C=O) groups is 1. The number of aromatic nitrogens is 2. The van der Waals surface area contributed by atoms with E-state index in [1.54, 1.807) is 24.7 Å². The molecule has 5 nitrogen and oxygen atoms in total. The molecule has 0 spiro atoms. The molecule has 0 aliphatic carbocycles. The van der Waals surface area contributed by atoms with E-state index in [-0.39, 0.29) is 5.56 Å². The van der Waals surface area contributed by atoms with E-state index >= 15 is 0 Å². The monoisotopic (exact) mass is 257 g/mol. The molecule has 0 aliphatic rings. The fourth-order valence-electron chi connectivity index (χ4n) is 1.85. The number of pyridine rings is 2. The van der Waals surface area contributed by atoms with Crippen molar-refractivity contribution >= 4 is 11.7 Å². The number of hydrogen-bond donors (Lipinski definition) is 1. The number of rotatable bonds is 5. The SMILES string of the molecule is CN(CCc1ccncc1)c1ccncc1C(=O)O. The molecule has 0 bridgehead atoms. The van der Waals surface area contributed by atoms with E-state index in [9.17, 15) is 4.79 Å². The zero-order valence-electron chi connectivity index (χ0n) is 10.7. The highest BCUT2D eigenvalue weighted by atomic mass is 16.4. The van der Waals surface area contributed by atoms with Crippen LogP contribution in [-0.2, 0) is 6.42 Å². The third-order valence-corrected chi connectivity index (χ3v) is 2.92. The van der Waals surface area contributed by atoms with Gasteiger partial charge in [-0.05, 0) is 30.2 Å². The van der Waals surface area contributed by atoms with Gasteiger partial charge in [0, 0.05) is 38.4 Å². The Kier molecular flexibility index (Phi) is 4.07. The first kappa shape index (κ1) is 13.0. The van der Waals surface area contributed by atoms with Crippen LogP contribution < -0.4 is 4.90 Å². The number of likely N-dealkylation sites (N-methyl/N-ethyl adjacent to an activating group) is 1. The highest BCUT2D eigenvalue weighted by molar-refractivity contribution is 5.93. The van der Waals surface area contributed by atoms with Crippen molar-refractivity contribution in [2.75, 3.05) is 18.5 Å². The normalized spacial score (nSPS) is 10.2. The zero-order chi connectivity index (χ0) is 13.7. The summed E-state index contributed by atoms with van der Waals surface area (Å²) in [6.07, 6.45) is 7.32. The molecule has 5 heteroatoms. The van der Waals surface area contributed by atoms with E-state index < -0.39 is 5.97 Å². The molecule has 2 aromatic heterocycles. The van der Waals surface area contributed by atoms with E-state index in [0.717, 1.165) is 13.0 Å². The molecule has 0 radical (unpaired) electrons. The fourth-order valence-corrected chi connectivity index (χ4v) is 1.85. The Balaban J connectivity index is 2.08. The van der Waals surface area contributed by atoms with E-state index in [2.05, 4.69) is 9.97 Å². The quantitative estimate of drug-likeness (QED) is 0.885. The van der Waals surface area contributed by atoms with Gasteiger partial charge in [-0.15, -0.1) is 0 Å². The highest BCUT2D eigenvalue weighted by Crippen LogP contribution is 2.18. The smallest absolute Gasteiger partial charge is 0.339 e. The van der Waals surface area contributed by atoms with Crippen molar-refractivity contribution in [2.24, 2.45) is 0 Å². The van der Waals surface area contributed by atoms with Gasteiger partial charge in [0.1, 0.15) is 5.56 Å². The molecule has 0 saturated heterocycles. The minimum Gasteiger partial charge on any atom is -0.478 e. The average molecular weight is 257 g/mol. The number of anilines is 1. The minimum atomic E-state index is -0.959. The first-order valence-corrected chi connectivity index (χ1v) is 5.96. The van der Waals surface area contributed by atoms with Crippen LogP contribution in [0.1, 0.15) is 15.9 Å². The maximum atomic E-state index is 11.1. The van der Waals surface area contributed by atoms with Gasteiger partial charge < -0.3 is 10.0 Å². The second kappa shape index (κ2) is 5.95. The lowest BCUT2D eigenvalue weighted by Crippen LogP contribution is -2.22. The van der Waals surface area contributed by atoms with Crippen LogP contribution in [0.15, 0.2) is 43.0 Å². The van der Waals surface area contributed by atoms with E-state index in [1.165, 1.54) is 11.8 Å². The molecule has 2 rings (SSSR count). The Hall–Kier alpha value is -2.43. The standard InChI is InChI=1S/C14H15N3O2/c1-17(9-5-11-2-6-15-7-3-11)13-4-8-16-10-12(13)14(18)19/h2-4,6-8,10H,5,9H2,1H3,(H,18,19). The first-order valence-electron chi connectivity index (χ1n) is 5.96. The van der Waals surface area contributed by atoms with Crippen LogP contribution in [0.3, 0.4) is 0 Å². The van der Waals surface area contributed by atoms with E-state index in [1.807, 2.05) is 24.1 Å². The van der Waals surface area contributed by atoms with Gasteiger partial charge >= 0.3 is 5.97 Å². The van der Waals surface area contributed by atoms with Gasteiger partial charge in [-0.3, -0.25) is 9.97 Å². The molecule has 0 unspecified atom stereocenters. The van der Waals surface area contributed by atoms with Crippen molar-refractivity contribution in [3.8, 4) is 0 Å². The molecular formula is C14H15N3O2. The Morgan fingerprint density at radius 3 is 2.58 bits per heavy atom. The van der Waals surface area contributed by atoms with Crippen molar-refractivity contribution in [1.29, 1.82) is 0 Å². The number of carboxylic acid groups (broad SMARTS) is 1. The van der Waals surface area contributed by atoms with E-state index in [0.29, 0.717) is 5.69 Å². The Morgan fingerprint density at radius 1 is 1.21 bits per heavy atom. The summed E-state index contributed by atoms with van der Waals surface area (Å²) >= 11 is 0. The summed E-state index contributed by atoms with van der Waals surface area (Å²) < 4.78 is 0. The topological polar surface area (TPSA) is 66.3 Å². The lowest BCUT2D eigenvalue weighted by molar-refractivity contribution is 0.0697. The van der Waals surface area contributed by atoms with Crippen LogP contribution in [0.25, 0.3) is 0 Å². The van der Waals surface area contributed by atoms with Crippen LogP contribution in [0, 0.1) is 0 Å². The molecule has 2 aromatic rings. The van der Waals surface area contributed by atoms with Gasteiger partial charge in [-0.2, -0.15) is 0 Å². The Morgan fingerprint density at radius 2 is 1.89 bits per heavy atom. The van der Waals surface area contributed by atoms with Crippen molar-refractivity contribution in [3.05, 3.63) is 54.1 Å². The average Bonchev–Trinajstić information content (AvgIpc) is 2.46. The van der Waals surface area contributed by atoms with Gasteiger partial charge in [-0.25, -0.2) is 4.79 Å². The molecule has 0 amide bonds. The number of aromatic carboxylic acids is 1. The van der Waals surface area contributed by atoms with Gasteiger partial charge in [0.2, 0.25) is 0 Å². The molecule has 0 aromatic carbocycles. The summed E-state index contributed by atoms with van der Waals surface area (Å²) in [6, 6.07) is 5.63. The van der Waals surface area contributed by atoms with Crippen molar-refractivity contribution in [2.45, 2.75) is 6.42 Å². The van der Waals surface area contributed by atoms with Crippen LogP contribution >= 0.6 is 0 Å². The lowest BCUT2D eigenvalue weighted by atomic mass is 10.1. The molecule has 1 N–H and O–H groups in total. The maximum Gasteiger partial charge on any atom is 0.339 e. The van der Waals surface area contributed by atoms with E-state index in [4.69, 9.17) is 5.11 Å². The summed E-state index contributed by atoms with van der Waals surface area (Å²) in [5.74, 6) is -0.959. The molecule has 2 heterocycles. The molecule has 98 valence electrons. The molecule has 0 saturated carbocycles. The molecular weight excluding hydrogens is 242 g/mol. The summed E-state index contributed by atoms with van der Waals surface area (Å²) in [5, 5.41) is 9.12. The zero-order valence-corrected chi connectivity index (χ0v) is 10.7. The second-order valence-corrected chi connectivity index (χ2v) is 4.22. The maximum absolute atomic E-state index is 11.1. The minimum absolute atomic E-state index is 0.222. The van der Waals surface area contributed by atoms with Crippen LogP contribution in [0.4, 0.5) is 5.69 Å².